The zero-order valence-corrected chi connectivity index (χ0v) is 14.7. The second kappa shape index (κ2) is 4.76. The molecule has 0 saturated heterocycles. The quantitative estimate of drug-likeness (QED) is 0.537. The van der Waals surface area contributed by atoms with Gasteiger partial charge in [-0.2, -0.15) is 5.20 Å². The van der Waals surface area contributed by atoms with E-state index in [0.29, 0.717) is 0 Å². The smallest absolute Gasteiger partial charge is 0.0518 e. The number of allylic oxidation sites excluding steroid dienone is 4. The van der Waals surface area contributed by atoms with E-state index in [1.807, 2.05) is 0 Å². The summed E-state index contributed by atoms with van der Waals surface area (Å²) in [5.74, 6) is 0. The van der Waals surface area contributed by atoms with Crippen LogP contribution in [-0.4, -0.2) is 16.1 Å². The van der Waals surface area contributed by atoms with Crippen LogP contribution >= 0.6 is 0 Å². The van der Waals surface area contributed by atoms with Crippen molar-refractivity contribution in [3.05, 3.63) is 22.5 Å². The molecule has 0 saturated carbocycles. The molecular weight excluding hydrogens is 280 g/mol. The summed E-state index contributed by atoms with van der Waals surface area (Å²) in [6.45, 7) is 14.4. The average Bonchev–Trinajstić information content (AvgIpc) is 2.28. The van der Waals surface area contributed by atoms with E-state index in [1.165, 1.54) is 6.42 Å². The van der Waals surface area contributed by atoms with Gasteiger partial charge in [-0.05, 0) is 0 Å². The fourth-order valence-corrected chi connectivity index (χ4v) is 4.05. The average molecular weight is 301 g/mol. The normalized spacial score (nSPS) is 17.3. The first-order chi connectivity index (χ1) is 5.71. The molecule has 0 aromatic carbocycles. The van der Waals surface area contributed by atoms with Crippen molar-refractivity contribution in [2.45, 2.75) is 45.7 Å². The van der Waals surface area contributed by atoms with Gasteiger partial charge in [0.25, 0.3) is 0 Å². The molecule has 0 bridgehead atoms. The Morgan fingerprint density at radius 1 is 1.00 bits per heavy atom. The maximum atomic E-state index is 3.67. The van der Waals surface area contributed by atoms with E-state index in [0.717, 1.165) is 0 Å². The molecule has 0 atom stereocenters. The minimum absolute atomic E-state index is 0. The van der Waals surface area contributed by atoms with Crippen molar-refractivity contribution in [3.63, 3.8) is 0 Å². The third-order valence-corrected chi connectivity index (χ3v) is 6.59. The van der Waals surface area contributed by atoms with E-state index in [4.69, 9.17) is 0 Å². The molecule has 0 heterocycles. The van der Waals surface area contributed by atoms with Gasteiger partial charge in [0.15, 0.2) is 0 Å². The summed E-state index contributed by atoms with van der Waals surface area (Å²) < 4.78 is 0. The van der Waals surface area contributed by atoms with Crippen molar-refractivity contribution in [1.29, 1.82) is 0 Å². The van der Waals surface area contributed by atoms with Gasteiger partial charge in [0, 0.05) is 34.3 Å². The number of hydrogen-bond donors (Lipinski definition) is 0. The maximum absolute atomic E-state index is 3.67. The van der Waals surface area contributed by atoms with Gasteiger partial charge in [0.2, 0.25) is 0 Å². The fourth-order valence-electron chi connectivity index (χ4n) is 1.46. The summed E-state index contributed by atoms with van der Waals surface area (Å²) in [5.41, 5.74) is 0. The minimum Gasteiger partial charge on any atom is -0.258 e. The molecule has 0 fully saturated rings. The molecule has 78 valence electrons. The van der Waals surface area contributed by atoms with E-state index >= 15 is 0 Å². The van der Waals surface area contributed by atoms with Gasteiger partial charge >= 0.3 is 0 Å². The molecule has 0 aliphatic heterocycles. The maximum Gasteiger partial charge on any atom is 0.0518 e. The van der Waals surface area contributed by atoms with Crippen LogP contribution < -0.4 is 0 Å². The molecule has 0 aromatic rings. The van der Waals surface area contributed by atoms with E-state index in [2.05, 4.69) is 51.4 Å². The number of rotatable bonds is 2. The summed E-state index contributed by atoms with van der Waals surface area (Å²) in [4.78, 5) is 0. The fraction of sp³-hybridized carbons (Fsp3) is 0.636. The molecule has 0 unspecified atom stereocenters. The topological polar surface area (TPSA) is 0 Å². The van der Waals surface area contributed by atoms with Crippen molar-refractivity contribution < 1.29 is 26.2 Å². The van der Waals surface area contributed by atoms with Crippen LogP contribution in [-0.2, 0) is 26.2 Å². The zero-order chi connectivity index (χ0) is 10.3. The molecule has 0 amide bonds. The summed E-state index contributed by atoms with van der Waals surface area (Å²) in [6.07, 6.45) is 7.28. The van der Waals surface area contributed by atoms with Crippen LogP contribution in [0.3, 0.4) is 0 Å². The monoisotopic (exact) mass is 299 g/mol. The van der Waals surface area contributed by atoms with Crippen molar-refractivity contribution in [2.24, 2.45) is 0 Å². The predicted octanol–water partition coefficient (Wildman–Crippen LogP) is 3.80. The van der Waals surface area contributed by atoms with Gasteiger partial charge in [0.1, 0.15) is 0 Å². The van der Waals surface area contributed by atoms with Crippen molar-refractivity contribution in [3.8, 4) is 0 Å². The van der Waals surface area contributed by atoms with Crippen LogP contribution in [0.1, 0.15) is 6.42 Å². The standard InChI is InChI=1S/C11H21Si2.Zr/c1-12(2,3)10-7-8-11(9-10)13(4,5)6;/h7H,8H2,1-6H3;/q-1;. The van der Waals surface area contributed by atoms with Crippen LogP contribution in [0.5, 0.6) is 0 Å². The van der Waals surface area contributed by atoms with Crippen molar-refractivity contribution >= 4 is 16.1 Å². The van der Waals surface area contributed by atoms with E-state index in [9.17, 15) is 0 Å². The first kappa shape index (κ1) is 14.8. The minimum atomic E-state index is -1.09. The Hall–Kier alpha value is 0.797. The molecule has 0 radical (unpaired) electrons. The predicted molar refractivity (Wildman–Crippen MR) is 66.1 cm³/mol. The zero-order valence-electron chi connectivity index (χ0n) is 10.3. The van der Waals surface area contributed by atoms with Gasteiger partial charge in [-0.15, -0.1) is 6.42 Å². The molecule has 0 aromatic heterocycles. The van der Waals surface area contributed by atoms with Crippen LogP contribution in [0.2, 0.25) is 39.3 Å². The molecule has 3 heteroatoms. The first-order valence-electron chi connectivity index (χ1n) is 5.05. The second-order valence-electron chi connectivity index (χ2n) is 5.93. The van der Waals surface area contributed by atoms with Crippen molar-refractivity contribution in [2.75, 3.05) is 0 Å². The van der Waals surface area contributed by atoms with E-state index < -0.39 is 16.1 Å². The van der Waals surface area contributed by atoms with E-state index in [1.54, 1.807) is 10.4 Å². The van der Waals surface area contributed by atoms with E-state index in [-0.39, 0.29) is 26.2 Å². The van der Waals surface area contributed by atoms with Crippen LogP contribution in [0.25, 0.3) is 0 Å². The summed E-state index contributed by atoms with van der Waals surface area (Å²) in [7, 11) is -2.16. The SMILES string of the molecule is C[Si](C)(C)C1=[C-]C([Si](C)(C)C)=CC1.[Zr]. The largest absolute Gasteiger partial charge is 0.258 e. The second-order valence-corrected chi connectivity index (χ2v) is 16.1. The summed E-state index contributed by atoms with van der Waals surface area (Å²) >= 11 is 0. The third kappa shape index (κ3) is 3.75. The first-order valence-corrected chi connectivity index (χ1v) is 12.1. The Bertz CT molecular complexity index is 264. The third-order valence-electron chi connectivity index (χ3n) is 2.51. The van der Waals surface area contributed by atoms with Crippen LogP contribution in [0.4, 0.5) is 0 Å². The number of hydrogen-bond acceptors (Lipinski definition) is 0. The van der Waals surface area contributed by atoms with Gasteiger partial charge in [0.05, 0.1) is 8.07 Å². The molecule has 0 N–H and O–H groups in total. The van der Waals surface area contributed by atoms with Gasteiger partial charge in [-0.25, -0.2) is 11.3 Å². The molecule has 14 heavy (non-hydrogen) atoms. The van der Waals surface area contributed by atoms with Crippen LogP contribution in [0.15, 0.2) is 16.5 Å². The Labute approximate surface area is 110 Å². The molecule has 0 spiro atoms. The molecule has 1 aliphatic carbocycles. The molecular formula is C11H21Si2Zr-. The molecule has 1 rings (SSSR count). The Balaban J connectivity index is 0.00000169. The Kier molecular flexibility index (Phi) is 5.03. The Morgan fingerprint density at radius 3 is 1.71 bits per heavy atom. The molecule has 0 nitrogen and oxygen atoms in total. The summed E-state index contributed by atoms with van der Waals surface area (Å²) in [5, 5.41) is 3.16. The summed E-state index contributed by atoms with van der Waals surface area (Å²) in [6, 6.07) is 0. The van der Waals surface area contributed by atoms with Crippen LogP contribution in [0, 0.1) is 6.08 Å². The Morgan fingerprint density at radius 2 is 1.50 bits per heavy atom. The molecule has 1 aliphatic rings. The van der Waals surface area contributed by atoms with Gasteiger partial charge in [-0.3, -0.25) is 6.08 Å². The van der Waals surface area contributed by atoms with Gasteiger partial charge < -0.3 is 0 Å². The van der Waals surface area contributed by atoms with Crippen molar-refractivity contribution in [1.82, 2.24) is 0 Å². The van der Waals surface area contributed by atoms with Gasteiger partial charge in [-0.1, -0.05) is 39.3 Å².